The molecule has 1 aliphatic heterocycles. The minimum absolute atomic E-state index is 0.177. The van der Waals surface area contributed by atoms with Gasteiger partial charge in [0.25, 0.3) is 0 Å². The molecule has 5 nitrogen and oxygen atoms in total. The number of halogens is 3. The second kappa shape index (κ2) is 6.51. The minimum atomic E-state index is -4.34. The smallest absolute Gasteiger partial charge is 0.368 e. The zero-order valence-corrected chi connectivity index (χ0v) is 12.1. The van der Waals surface area contributed by atoms with Crippen molar-refractivity contribution in [2.24, 2.45) is 0 Å². The highest BCUT2D eigenvalue weighted by atomic mass is 19.4. The predicted octanol–water partition coefficient (Wildman–Crippen LogP) is 2.90. The molecule has 2 aromatic rings. The molecule has 1 aromatic heterocycles. The number of nitrogens with zero attached hydrogens (tertiary/aromatic N) is 2. The van der Waals surface area contributed by atoms with Gasteiger partial charge in [0.05, 0.1) is 30.3 Å². The van der Waals surface area contributed by atoms with Gasteiger partial charge >= 0.3 is 6.18 Å². The summed E-state index contributed by atoms with van der Waals surface area (Å²) in [6.07, 6.45) is -1.35. The van der Waals surface area contributed by atoms with Gasteiger partial charge in [-0.25, -0.2) is 9.97 Å². The molecule has 23 heavy (non-hydrogen) atoms. The van der Waals surface area contributed by atoms with E-state index < -0.39 is 11.7 Å². The summed E-state index contributed by atoms with van der Waals surface area (Å²) in [5.74, 6) is 0.579. The molecule has 0 saturated carbocycles. The predicted molar refractivity (Wildman–Crippen MR) is 78.3 cm³/mol. The van der Waals surface area contributed by atoms with E-state index in [1.807, 2.05) is 0 Å². The number of aromatic nitrogens is 2. The fourth-order valence-electron chi connectivity index (χ4n) is 2.21. The lowest BCUT2D eigenvalue weighted by Gasteiger charge is -2.22. The van der Waals surface area contributed by atoms with Gasteiger partial charge in [-0.05, 0) is 24.3 Å². The van der Waals surface area contributed by atoms with E-state index in [1.165, 1.54) is 12.1 Å². The van der Waals surface area contributed by atoms with Gasteiger partial charge in [-0.3, -0.25) is 0 Å². The van der Waals surface area contributed by atoms with Gasteiger partial charge in [-0.2, -0.15) is 13.2 Å². The van der Waals surface area contributed by atoms with Crippen LogP contribution >= 0.6 is 0 Å². The summed E-state index contributed by atoms with van der Waals surface area (Å²) in [5, 5.41) is 6.16. The average molecular weight is 324 g/mol. The van der Waals surface area contributed by atoms with E-state index in [4.69, 9.17) is 4.74 Å². The van der Waals surface area contributed by atoms with Crippen LogP contribution in [0.3, 0.4) is 0 Å². The third-order valence-electron chi connectivity index (χ3n) is 3.39. The molecule has 3 rings (SSSR count). The van der Waals surface area contributed by atoms with Crippen LogP contribution in [0.5, 0.6) is 0 Å². The molecule has 2 N–H and O–H groups in total. The van der Waals surface area contributed by atoms with Crippen LogP contribution in [0.25, 0.3) is 0 Å². The van der Waals surface area contributed by atoms with Crippen molar-refractivity contribution in [3.63, 3.8) is 0 Å². The number of benzene rings is 1. The highest BCUT2D eigenvalue weighted by molar-refractivity contribution is 5.58. The van der Waals surface area contributed by atoms with Crippen molar-refractivity contribution in [1.29, 1.82) is 0 Å². The van der Waals surface area contributed by atoms with Crippen molar-refractivity contribution in [3.8, 4) is 0 Å². The molecule has 1 saturated heterocycles. The second-order valence-corrected chi connectivity index (χ2v) is 5.09. The van der Waals surface area contributed by atoms with Gasteiger partial charge in [-0.1, -0.05) is 0 Å². The molecular formula is C15H15F3N4O. The summed E-state index contributed by atoms with van der Waals surface area (Å²) in [6.45, 7) is 2.08. The van der Waals surface area contributed by atoms with Crippen molar-refractivity contribution in [3.05, 3.63) is 48.0 Å². The Kier molecular flexibility index (Phi) is 4.44. The first-order valence-corrected chi connectivity index (χ1v) is 7.11. The molecular weight excluding hydrogens is 309 g/mol. The summed E-state index contributed by atoms with van der Waals surface area (Å²) in [4.78, 5) is 8.47. The van der Waals surface area contributed by atoms with Crippen LogP contribution in [0.15, 0.2) is 36.7 Å². The van der Waals surface area contributed by atoms with E-state index >= 15 is 0 Å². The molecule has 1 aliphatic rings. The number of hydrogen-bond acceptors (Lipinski definition) is 5. The van der Waals surface area contributed by atoms with Crippen LogP contribution in [0.2, 0.25) is 0 Å². The van der Waals surface area contributed by atoms with Crippen LogP contribution in [0.4, 0.5) is 24.5 Å². The minimum Gasteiger partial charge on any atom is -0.368 e. The van der Waals surface area contributed by atoms with Crippen molar-refractivity contribution in [2.45, 2.75) is 12.3 Å². The lowest BCUT2D eigenvalue weighted by molar-refractivity contribution is -0.137. The standard InChI is InChI=1S/C15H15F3N4O/c16-15(17,18)10-1-3-11(4-2-10)22-12-7-20-14(21-8-12)13-9-19-5-6-23-13/h1-4,7-8,13,19,22H,5-6,9H2. The Morgan fingerprint density at radius 1 is 1.09 bits per heavy atom. The van der Waals surface area contributed by atoms with Crippen LogP contribution in [0.1, 0.15) is 17.5 Å². The molecule has 1 unspecified atom stereocenters. The number of hydrogen-bond donors (Lipinski definition) is 2. The van der Waals surface area contributed by atoms with E-state index in [0.29, 0.717) is 30.4 Å². The van der Waals surface area contributed by atoms with Crippen molar-refractivity contribution in [2.75, 3.05) is 25.0 Å². The number of ether oxygens (including phenoxy) is 1. The molecule has 0 aliphatic carbocycles. The summed E-state index contributed by atoms with van der Waals surface area (Å²) in [7, 11) is 0. The Labute approximate surface area is 130 Å². The number of anilines is 2. The summed E-state index contributed by atoms with van der Waals surface area (Å²) in [6, 6.07) is 4.79. The Morgan fingerprint density at radius 2 is 1.78 bits per heavy atom. The Hall–Kier alpha value is -2.19. The van der Waals surface area contributed by atoms with E-state index in [-0.39, 0.29) is 6.10 Å². The first-order chi connectivity index (χ1) is 11.0. The van der Waals surface area contributed by atoms with Gasteiger partial charge in [-0.15, -0.1) is 0 Å². The maximum Gasteiger partial charge on any atom is 0.416 e. The van der Waals surface area contributed by atoms with Gasteiger partial charge in [0, 0.05) is 18.8 Å². The number of nitrogens with one attached hydrogen (secondary N) is 2. The highest BCUT2D eigenvalue weighted by Crippen LogP contribution is 2.30. The van der Waals surface area contributed by atoms with Gasteiger partial charge in [0.2, 0.25) is 0 Å². The maximum absolute atomic E-state index is 12.5. The summed E-state index contributed by atoms with van der Waals surface area (Å²) >= 11 is 0. The normalized spacial score (nSPS) is 18.7. The fraction of sp³-hybridized carbons (Fsp3) is 0.333. The van der Waals surface area contributed by atoms with Gasteiger partial charge < -0.3 is 15.4 Å². The van der Waals surface area contributed by atoms with Gasteiger partial charge in [0.15, 0.2) is 5.82 Å². The molecule has 8 heteroatoms. The Morgan fingerprint density at radius 3 is 2.35 bits per heavy atom. The molecule has 122 valence electrons. The monoisotopic (exact) mass is 324 g/mol. The average Bonchev–Trinajstić information content (AvgIpc) is 2.56. The first kappa shape index (κ1) is 15.7. The Bertz CT molecular complexity index is 637. The Balaban J connectivity index is 1.66. The number of morpholine rings is 1. The zero-order chi connectivity index (χ0) is 16.3. The SMILES string of the molecule is FC(F)(F)c1ccc(Nc2cnc(C3CNCCO3)nc2)cc1. The molecule has 0 spiro atoms. The molecule has 2 heterocycles. The van der Waals surface area contributed by atoms with Crippen molar-refractivity contribution in [1.82, 2.24) is 15.3 Å². The van der Waals surface area contributed by atoms with E-state index in [1.54, 1.807) is 12.4 Å². The molecule has 1 aromatic carbocycles. The highest BCUT2D eigenvalue weighted by Gasteiger charge is 2.29. The number of alkyl halides is 3. The second-order valence-electron chi connectivity index (χ2n) is 5.09. The van der Waals surface area contributed by atoms with Crippen molar-refractivity contribution < 1.29 is 17.9 Å². The zero-order valence-electron chi connectivity index (χ0n) is 12.1. The first-order valence-electron chi connectivity index (χ1n) is 7.11. The van der Waals surface area contributed by atoms with Crippen LogP contribution in [-0.2, 0) is 10.9 Å². The lowest BCUT2D eigenvalue weighted by atomic mass is 10.2. The third kappa shape index (κ3) is 3.96. The third-order valence-corrected chi connectivity index (χ3v) is 3.39. The van der Waals surface area contributed by atoms with Crippen LogP contribution in [-0.4, -0.2) is 29.7 Å². The molecule has 0 bridgehead atoms. The molecule has 0 radical (unpaired) electrons. The molecule has 1 fully saturated rings. The topological polar surface area (TPSA) is 59.1 Å². The van der Waals surface area contributed by atoms with Crippen LogP contribution in [0, 0.1) is 0 Å². The van der Waals surface area contributed by atoms with Crippen LogP contribution < -0.4 is 10.6 Å². The summed E-state index contributed by atoms with van der Waals surface area (Å²) < 4.78 is 43.1. The largest absolute Gasteiger partial charge is 0.416 e. The van der Waals surface area contributed by atoms with E-state index in [2.05, 4.69) is 20.6 Å². The fourth-order valence-corrected chi connectivity index (χ4v) is 2.21. The lowest BCUT2D eigenvalue weighted by Crippen LogP contribution is -2.34. The van der Waals surface area contributed by atoms with Gasteiger partial charge in [0.1, 0.15) is 6.10 Å². The molecule has 0 amide bonds. The quantitative estimate of drug-likeness (QED) is 0.909. The molecule has 1 atom stereocenters. The number of rotatable bonds is 3. The van der Waals surface area contributed by atoms with E-state index in [9.17, 15) is 13.2 Å². The van der Waals surface area contributed by atoms with Crippen molar-refractivity contribution >= 4 is 11.4 Å². The van der Waals surface area contributed by atoms with E-state index in [0.717, 1.165) is 18.7 Å². The summed E-state index contributed by atoms with van der Waals surface area (Å²) in [5.41, 5.74) is 0.443. The maximum atomic E-state index is 12.5.